The molecule has 5 heteroatoms. The van der Waals surface area contributed by atoms with Crippen LogP contribution in [0.4, 0.5) is 0 Å². The van der Waals surface area contributed by atoms with Crippen molar-refractivity contribution < 1.29 is 14.3 Å². The molecule has 0 radical (unpaired) electrons. The number of hydrogen-bond donors (Lipinski definition) is 1. The molecule has 0 aliphatic heterocycles. The number of ether oxygens (including phenoxy) is 1. The second-order valence-corrected chi connectivity index (χ2v) is 4.81. The van der Waals surface area contributed by atoms with Gasteiger partial charge in [-0.05, 0) is 12.3 Å². The van der Waals surface area contributed by atoms with Crippen LogP contribution < -0.4 is 5.32 Å². The molecule has 0 saturated heterocycles. The summed E-state index contributed by atoms with van der Waals surface area (Å²) in [6.07, 6.45) is 1.17. The average molecular weight is 258 g/mol. The van der Waals surface area contributed by atoms with Crippen molar-refractivity contribution in [2.45, 2.75) is 33.6 Å². The molecule has 0 unspecified atom stereocenters. The summed E-state index contributed by atoms with van der Waals surface area (Å²) >= 11 is 0. The van der Waals surface area contributed by atoms with Gasteiger partial charge in [-0.1, -0.05) is 13.8 Å². The molecule has 0 saturated carbocycles. The molecule has 0 aromatic rings. The Hall–Kier alpha value is -1.10. The number of rotatable bonds is 9. The molecular weight excluding hydrogens is 232 g/mol. The molecule has 0 spiro atoms. The average Bonchev–Trinajstić information content (AvgIpc) is 2.29. The zero-order valence-corrected chi connectivity index (χ0v) is 12.0. The standard InChI is InChI=1S/C13H26N2O3/c1-11(2)10-15(12(3)16)8-6-13(17)14-7-5-9-18-4/h11H,5-10H2,1-4H3,(H,14,17). The zero-order chi connectivity index (χ0) is 14.0. The van der Waals surface area contributed by atoms with E-state index in [0.29, 0.717) is 38.6 Å². The summed E-state index contributed by atoms with van der Waals surface area (Å²) in [5, 5.41) is 2.81. The van der Waals surface area contributed by atoms with E-state index in [1.54, 1.807) is 18.9 Å². The SMILES string of the molecule is COCCCNC(=O)CCN(CC(C)C)C(C)=O. The van der Waals surface area contributed by atoms with Crippen molar-refractivity contribution in [2.75, 3.05) is 33.4 Å². The molecular formula is C13H26N2O3. The van der Waals surface area contributed by atoms with Crippen molar-refractivity contribution in [1.29, 1.82) is 0 Å². The Morgan fingerprint density at radius 1 is 1.33 bits per heavy atom. The Bertz CT molecular complexity index is 255. The van der Waals surface area contributed by atoms with E-state index in [9.17, 15) is 9.59 Å². The van der Waals surface area contributed by atoms with Gasteiger partial charge in [-0.3, -0.25) is 9.59 Å². The fourth-order valence-corrected chi connectivity index (χ4v) is 1.59. The third kappa shape index (κ3) is 8.98. The number of methoxy groups -OCH3 is 1. The lowest BCUT2D eigenvalue weighted by atomic mass is 10.2. The summed E-state index contributed by atoms with van der Waals surface area (Å²) in [4.78, 5) is 24.6. The van der Waals surface area contributed by atoms with Crippen molar-refractivity contribution in [3.8, 4) is 0 Å². The highest BCUT2D eigenvalue weighted by Gasteiger charge is 2.12. The van der Waals surface area contributed by atoms with Crippen LogP contribution in [0.5, 0.6) is 0 Å². The number of hydrogen-bond acceptors (Lipinski definition) is 3. The third-order valence-corrected chi connectivity index (χ3v) is 2.49. The number of carbonyl (C=O) groups is 2. The van der Waals surface area contributed by atoms with E-state index >= 15 is 0 Å². The molecule has 0 heterocycles. The summed E-state index contributed by atoms with van der Waals surface area (Å²) in [6.45, 7) is 8.11. The fraction of sp³-hybridized carbons (Fsp3) is 0.846. The van der Waals surface area contributed by atoms with Gasteiger partial charge in [0.05, 0.1) is 0 Å². The molecule has 0 aromatic carbocycles. The Kier molecular flexibility index (Phi) is 9.28. The van der Waals surface area contributed by atoms with Gasteiger partial charge in [0.25, 0.3) is 0 Å². The number of nitrogens with one attached hydrogen (secondary N) is 1. The highest BCUT2D eigenvalue weighted by Crippen LogP contribution is 2.00. The van der Waals surface area contributed by atoms with E-state index in [1.807, 2.05) is 0 Å². The first-order valence-electron chi connectivity index (χ1n) is 6.48. The molecule has 0 fully saturated rings. The summed E-state index contributed by atoms with van der Waals surface area (Å²) < 4.78 is 4.89. The number of carbonyl (C=O) groups excluding carboxylic acids is 2. The maximum atomic E-state index is 11.5. The summed E-state index contributed by atoms with van der Waals surface area (Å²) in [7, 11) is 1.64. The van der Waals surface area contributed by atoms with E-state index in [4.69, 9.17) is 4.74 Å². The van der Waals surface area contributed by atoms with Crippen molar-refractivity contribution in [3.05, 3.63) is 0 Å². The lowest BCUT2D eigenvalue weighted by Gasteiger charge is -2.22. The topological polar surface area (TPSA) is 58.6 Å². The highest BCUT2D eigenvalue weighted by atomic mass is 16.5. The molecule has 18 heavy (non-hydrogen) atoms. The van der Waals surface area contributed by atoms with Gasteiger partial charge in [-0.25, -0.2) is 0 Å². The van der Waals surface area contributed by atoms with Gasteiger partial charge in [-0.2, -0.15) is 0 Å². The smallest absolute Gasteiger partial charge is 0.221 e. The lowest BCUT2D eigenvalue weighted by molar-refractivity contribution is -0.130. The van der Waals surface area contributed by atoms with E-state index in [1.165, 1.54) is 0 Å². The Labute approximate surface area is 110 Å². The van der Waals surface area contributed by atoms with Crippen LogP contribution in [0.15, 0.2) is 0 Å². The van der Waals surface area contributed by atoms with Crippen molar-refractivity contribution in [2.24, 2.45) is 5.92 Å². The van der Waals surface area contributed by atoms with Crippen LogP contribution in [-0.4, -0.2) is 50.1 Å². The molecule has 0 aromatic heterocycles. The van der Waals surface area contributed by atoms with Gasteiger partial charge in [0.2, 0.25) is 11.8 Å². The quantitative estimate of drug-likeness (QED) is 0.629. The van der Waals surface area contributed by atoms with Gasteiger partial charge in [0.15, 0.2) is 0 Å². The lowest BCUT2D eigenvalue weighted by Crippen LogP contribution is -2.36. The van der Waals surface area contributed by atoms with Crippen LogP contribution in [0.2, 0.25) is 0 Å². The van der Waals surface area contributed by atoms with Gasteiger partial charge in [0, 0.05) is 46.7 Å². The molecule has 1 N–H and O–H groups in total. The van der Waals surface area contributed by atoms with Crippen molar-refractivity contribution in [1.82, 2.24) is 10.2 Å². The largest absolute Gasteiger partial charge is 0.385 e. The highest BCUT2D eigenvalue weighted by molar-refractivity contribution is 5.77. The first kappa shape index (κ1) is 16.9. The van der Waals surface area contributed by atoms with Crippen LogP contribution >= 0.6 is 0 Å². The normalized spacial score (nSPS) is 10.5. The van der Waals surface area contributed by atoms with E-state index < -0.39 is 0 Å². The predicted octanol–water partition coefficient (Wildman–Crippen LogP) is 1.03. The third-order valence-electron chi connectivity index (χ3n) is 2.49. The number of nitrogens with zero attached hydrogens (tertiary/aromatic N) is 1. The zero-order valence-electron chi connectivity index (χ0n) is 12.0. The monoisotopic (exact) mass is 258 g/mol. The second-order valence-electron chi connectivity index (χ2n) is 4.81. The van der Waals surface area contributed by atoms with Gasteiger partial charge < -0.3 is 15.0 Å². The van der Waals surface area contributed by atoms with E-state index in [2.05, 4.69) is 19.2 Å². The molecule has 0 atom stereocenters. The maximum absolute atomic E-state index is 11.5. The minimum Gasteiger partial charge on any atom is -0.385 e. The fourth-order valence-electron chi connectivity index (χ4n) is 1.59. The van der Waals surface area contributed by atoms with Crippen molar-refractivity contribution in [3.63, 3.8) is 0 Å². The molecule has 0 aliphatic carbocycles. The minimum atomic E-state index is -0.0129. The molecule has 0 bridgehead atoms. The summed E-state index contributed by atoms with van der Waals surface area (Å²) in [5.74, 6) is 0.427. The summed E-state index contributed by atoms with van der Waals surface area (Å²) in [5.41, 5.74) is 0. The number of amides is 2. The van der Waals surface area contributed by atoms with E-state index in [0.717, 1.165) is 6.42 Å². The molecule has 5 nitrogen and oxygen atoms in total. The molecule has 2 amide bonds. The van der Waals surface area contributed by atoms with Crippen LogP contribution in [0, 0.1) is 5.92 Å². The Morgan fingerprint density at radius 2 is 2.00 bits per heavy atom. The minimum absolute atomic E-state index is 0.0129. The Morgan fingerprint density at radius 3 is 2.50 bits per heavy atom. The van der Waals surface area contributed by atoms with Gasteiger partial charge in [0.1, 0.15) is 0 Å². The predicted molar refractivity (Wildman–Crippen MR) is 71.2 cm³/mol. The van der Waals surface area contributed by atoms with Crippen LogP contribution in [0.3, 0.4) is 0 Å². The Balaban J connectivity index is 3.82. The maximum Gasteiger partial charge on any atom is 0.221 e. The first-order chi connectivity index (χ1) is 8.47. The molecule has 0 aliphatic rings. The van der Waals surface area contributed by atoms with Crippen LogP contribution in [-0.2, 0) is 14.3 Å². The molecule has 0 rings (SSSR count). The van der Waals surface area contributed by atoms with Gasteiger partial charge in [-0.15, -0.1) is 0 Å². The van der Waals surface area contributed by atoms with Crippen molar-refractivity contribution >= 4 is 11.8 Å². The first-order valence-corrected chi connectivity index (χ1v) is 6.48. The second kappa shape index (κ2) is 9.88. The van der Waals surface area contributed by atoms with Crippen LogP contribution in [0.25, 0.3) is 0 Å². The van der Waals surface area contributed by atoms with E-state index in [-0.39, 0.29) is 11.8 Å². The van der Waals surface area contributed by atoms with Crippen LogP contribution in [0.1, 0.15) is 33.6 Å². The molecule has 106 valence electrons. The summed E-state index contributed by atoms with van der Waals surface area (Å²) in [6, 6.07) is 0. The van der Waals surface area contributed by atoms with Gasteiger partial charge >= 0.3 is 0 Å².